The Morgan fingerprint density at radius 1 is 1.29 bits per heavy atom. The maximum atomic E-state index is 12.7. The van der Waals surface area contributed by atoms with Gasteiger partial charge in [0, 0.05) is 66.2 Å². The molecule has 34 heavy (non-hydrogen) atoms. The summed E-state index contributed by atoms with van der Waals surface area (Å²) in [6.07, 6.45) is 1.96. The number of halogens is 4. The van der Waals surface area contributed by atoms with Crippen LogP contribution in [-0.2, 0) is 11.5 Å². The number of ether oxygens (including phenoxy) is 1. The van der Waals surface area contributed by atoms with Gasteiger partial charge < -0.3 is 14.2 Å². The molecular weight excluding hydrogens is 509 g/mol. The smallest absolute Gasteiger partial charge is 0.359 e. The van der Waals surface area contributed by atoms with Crippen LogP contribution in [0, 0.1) is 0 Å². The molecule has 0 bridgehead atoms. The zero-order chi connectivity index (χ0) is 24.5. The van der Waals surface area contributed by atoms with E-state index in [0.717, 1.165) is 57.1 Å². The van der Waals surface area contributed by atoms with Crippen molar-refractivity contribution in [2.45, 2.75) is 51.6 Å². The van der Waals surface area contributed by atoms with E-state index in [1.807, 2.05) is 37.5 Å². The molecule has 1 aliphatic heterocycles. The summed E-state index contributed by atoms with van der Waals surface area (Å²) in [4.78, 5) is 6.34. The lowest BCUT2D eigenvalue weighted by Crippen LogP contribution is -2.26. The zero-order valence-electron chi connectivity index (χ0n) is 19.8. The second-order valence-electron chi connectivity index (χ2n) is 9.02. The van der Waals surface area contributed by atoms with Crippen molar-refractivity contribution in [1.29, 1.82) is 0 Å². The van der Waals surface area contributed by atoms with E-state index in [-0.39, 0.29) is 12.6 Å². The molecule has 4 heterocycles. The number of aromatic nitrogens is 4. The number of pyridine rings is 1. The lowest BCUT2D eigenvalue weighted by Gasteiger charge is -2.18. The molecule has 1 fully saturated rings. The Balaban J connectivity index is 1.64. The van der Waals surface area contributed by atoms with Crippen LogP contribution in [0.25, 0.3) is 22.0 Å². The SMILES string of the molecule is Bc1nn(COCCCC)c(B)c1-c1cn([C@H]2CCN(CCC(F)(F)F)C2)c2cnc(Br)cc12. The van der Waals surface area contributed by atoms with Crippen molar-refractivity contribution >= 4 is 53.7 Å². The minimum absolute atomic E-state index is 0.0406. The number of hydrogen-bond donors (Lipinski definition) is 0. The van der Waals surface area contributed by atoms with Gasteiger partial charge in [0.2, 0.25) is 0 Å². The third-order valence-corrected chi connectivity index (χ3v) is 6.98. The van der Waals surface area contributed by atoms with Crippen molar-refractivity contribution in [1.82, 2.24) is 24.2 Å². The standard InChI is InChI=1S/C22H29B2BrF3N5O/c1-2-3-8-34-13-33-21(24)19(20(23)30-33)16-12-32(17-10-29-18(25)9-15(16)17)14-4-6-31(11-14)7-5-22(26,27)28/h9-10,12,14H,2-8,11,13,23-24H2,1H3/t14-/m0/s1. The molecule has 1 atom stereocenters. The highest BCUT2D eigenvalue weighted by Gasteiger charge is 2.31. The second-order valence-corrected chi connectivity index (χ2v) is 9.83. The van der Waals surface area contributed by atoms with Crippen LogP contribution in [0.2, 0.25) is 0 Å². The maximum absolute atomic E-state index is 12.7. The van der Waals surface area contributed by atoms with E-state index in [2.05, 4.69) is 38.6 Å². The highest BCUT2D eigenvalue weighted by molar-refractivity contribution is 9.10. The molecule has 3 aromatic rings. The maximum Gasteiger partial charge on any atom is 0.390 e. The first-order chi connectivity index (χ1) is 16.2. The normalized spacial score (nSPS) is 17.3. The summed E-state index contributed by atoms with van der Waals surface area (Å²) in [6, 6.07) is 2.10. The number of rotatable bonds is 9. The van der Waals surface area contributed by atoms with Crippen LogP contribution in [0.5, 0.6) is 0 Å². The first-order valence-corrected chi connectivity index (χ1v) is 12.5. The summed E-state index contributed by atoms with van der Waals surface area (Å²) in [5.74, 6) is 0. The molecule has 4 rings (SSSR count). The van der Waals surface area contributed by atoms with E-state index in [1.165, 1.54) is 0 Å². The van der Waals surface area contributed by atoms with Gasteiger partial charge >= 0.3 is 6.18 Å². The van der Waals surface area contributed by atoms with Crippen LogP contribution in [0.1, 0.15) is 38.6 Å². The number of hydrogen-bond acceptors (Lipinski definition) is 4. The Morgan fingerprint density at radius 2 is 2.09 bits per heavy atom. The van der Waals surface area contributed by atoms with Gasteiger partial charge in [-0.05, 0) is 34.8 Å². The van der Waals surface area contributed by atoms with Crippen LogP contribution >= 0.6 is 15.9 Å². The number of nitrogens with zero attached hydrogens (tertiary/aromatic N) is 5. The number of fused-ring (bicyclic) bond motifs is 1. The van der Waals surface area contributed by atoms with E-state index < -0.39 is 12.6 Å². The summed E-state index contributed by atoms with van der Waals surface area (Å²) in [5, 5.41) is 5.77. The second kappa shape index (κ2) is 10.5. The van der Waals surface area contributed by atoms with Crippen LogP contribution in [0.4, 0.5) is 13.2 Å². The largest absolute Gasteiger partial charge is 0.390 e. The molecule has 0 saturated carbocycles. The third kappa shape index (κ3) is 5.54. The van der Waals surface area contributed by atoms with E-state index in [0.29, 0.717) is 26.4 Å². The highest BCUT2D eigenvalue weighted by Crippen LogP contribution is 2.35. The van der Waals surface area contributed by atoms with Crippen molar-refractivity contribution in [2.75, 3.05) is 26.2 Å². The molecule has 6 nitrogen and oxygen atoms in total. The van der Waals surface area contributed by atoms with E-state index in [1.54, 1.807) is 0 Å². The molecule has 3 aromatic heterocycles. The number of alkyl halides is 3. The van der Waals surface area contributed by atoms with Crippen LogP contribution in [0.15, 0.2) is 23.1 Å². The van der Waals surface area contributed by atoms with Crippen molar-refractivity contribution < 1.29 is 17.9 Å². The summed E-state index contributed by atoms with van der Waals surface area (Å²) >= 11 is 3.50. The molecule has 0 aliphatic carbocycles. The summed E-state index contributed by atoms with van der Waals surface area (Å²) in [7, 11) is 4.05. The van der Waals surface area contributed by atoms with Gasteiger partial charge in [-0.2, -0.15) is 18.3 Å². The minimum Gasteiger partial charge on any atom is -0.359 e. The Hall–Kier alpha value is -1.78. The quantitative estimate of drug-likeness (QED) is 0.238. The molecule has 182 valence electrons. The van der Waals surface area contributed by atoms with Gasteiger partial charge in [-0.3, -0.25) is 4.68 Å². The molecule has 0 aromatic carbocycles. The fourth-order valence-electron chi connectivity index (χ4n) is 4.76. The van der Waals surface area contributed by atoms with Crippen molar-refractivity contribution in [3.05, 3.63) is 23.1 Å². The van der Waals surface area contributed by atoms with Gasteiger partial charge in [0.05, 0.1) is 18.1 Å². The predicted octanol–water partition coefficient (Wildman–Crippen LogP) is 2.15. The van der Waals surface area contributed by atoms with Gasteiger partial charge in [-0.25, -0.2) is 4.98 Å². The van der Waals surface area contributed by atoms with Crippen molar-refractivity contribution in [2.24, 2.45) is 0 Å². The molecular formula is C22H29B2BrF3N5O. The summed E-state index contributed by atoms with van der Waals surface area (Å²) < 4.78 is 48.7. The topological polar surface area (TPSA) is 48.1 Å². The first-order valence-electron chi connectivity index (χ1n) is 11.7. The molecule has 1 saturated heterocycles. The lowest BCUT2D eigenvalue weighted by molar-refractivity contribution is -0.137. The Bertz CT molecular complexity index is 1150. The Labute approximate surface area is 207 Å². The first kappa shape index (κ1) is 25.3. The van der Waals surface area contributed by atoms with E-state index in [4.69, 9.17) is 9.84 Å². The van der Waals surface area contributed by atoms with Gasteiger partial charge in [0.25, 0.3) is 0 Å². The molecule has 12 heteroatoms. The van der Waals surface area contributed by atoms with Gasteiger partial charge in [-0.1, -0.05) is 13.3 Å². The van der Waals surface area contributed by atoms with Crippen LogP contribution in [0.3, 0.4) is 0 Å². The minimum atomic E-state index is -4.13. The molecule has 1 aliphatic rings. The highest BCUT2D eigenvalue weighted by atomic mass is 79.9. The lowest BCUT2D eigenvalue weighted by atomic mass is 9.87. The molecule has 0 amide bonds. The van der Waals surface area contributed by atoms with Crippen molar-refractivity contribution in [3.8, 4) is 11.1 Å². The average molecular weight is 538 g/mol. The molecule has 0 unspecified atom stereocenters. The zero-order valence-corrected chi connectivity index (χ0v) is 21.4. The Morgan fingerprint density at radius 3 is 2.82 bits per heavy atom. The predicted molar refractivity (Wildman–Crippen MR) is 137 cm³/mol. The van der Waals surface area contributed by atoms with Gasteiger partial charge in [0.1, 0.15) is 11.3 Å². The number of unbranched alkanes of at least 4 members (excludes halogenated alkanes) is 1. The Kier molecular flexibility index (Phi) is 7.79. The monoisotopic (exact) mass is 537 g/mol. The fourth-order valence-corrected chi connectivity index (χ4v) is 5.09. The van der Waals surface area contributed by atoms with Crippen LogP contribution < -0.4 is 11.2 Å². The molecule has 0 radical (unpaired) electrons. The molecule has 0 spiro atoms. The van der Waals surface area contributed by atoms with Gasteiger partial charge in [0.15, 0.2) is 15.7 Å². The average Bonchev–Trinajstić information content (AvgIpc) is 3.45. The summed E-state index contributed by atoms with van der Waals surface area (Å²) in [6.45, 7) is 4.54. The third-order valence-electron chi connectivity index (χ3n) is 6.55. The van der Waals surface area contributed by atoms with Gasteiger partial charge in [-0.15, -0.1) is 0 Å². The van der Waals surface area contributed by atoms with Crippen LogP contribution in [-0.4, -0.2) is 72.3 Å². The summed E-state index contributed by atoms with van der Waals surface area (Å²) in [5.41, 5.74) is 5.04. The fraction of sp³-hybridized carbons (Fsp3) is 0.545. The number of likely N-dealkylation sites (tertiary alicyclic amines) is 1. The molecule has 0 N–H and O–H groups in total. The van der Waals surface area contributed by atoms with E-state index in [9.17, 15) is 13.2 Å². The van der Waals surface area contributed by atoms with E-state index >= 15 is 0 Å². The van der Waals surface area contributed by atoms with Crippen molar-refractivity contribution in [3.63, 3.8) is 0 Å².